The fourth-order valence-corrected chi connectivity index (χ4v) is 2.49. The zero-order valence-corrected chi connectivity index (χ0v) is 14.7. The Morgan fingerprint density at radius 2 is 1.43 bits per heavy atom. The zero-order valence-electron chi connectivity index (χ0n) is 13.9. The highest BCUT2D eigenvalue weighted by molar-refractivity contribution is 7.87. The third kappa shape index (κ3) is 11.1. The monoisotopic (exact) mass is 351 g/mol. The van der Waals surface area contributed by atoms with E-state index in [9.17, 15) is 22.6 Å². The van der Waals surface area contributed by atoms with Crippen molar-refractivity contribution in [3.8, 4) is 0 Å². The average Bonchev–Trinajstić information content (AvgIpc) is 2.47. The van der Waals surface area contributed by atoms with Gasteiger partial charge in [0.25, 0.3) is 0 Å². The summed E-state index contributed by atoms with van der Waals surface area (Å²) in [6.45, 7) is 4.19. The minimum Gasteiger partial charge on any atom is -0.747 e. The molecule has 0 aliphatic rings. The lowest BCUT2D eigenvalue weighted by molar-refractivity contribution is -0.150. The highest BCUT2D eigenvalue weighted by atomic mass is 32.2. The molecule has 0 saturated carbocycles. The second kappa shape index (κ2) is 12.3. The predicted octanol–water partition coefficient (Wildman–Crippen LogP) is 2.15. The van der Waals surface area contributed by atoms with E-state index in [-0.39, 0.29) is 13.2 Å². The van der Waals surface area contributed by atoms with Crippen molar-refractivity contribution in [1.82, 2.24) is 0 Å². The molecule has 0 N–H and O–H groups in total. The minimum atomic E-state index is -4.97. The molecule has 0 aromatic heterocycles. The molecule has 0 aliphatic carbocycles. The Bertz CT molecular complexity index is 445. The summed E-state index contributed by atoms with van der Waals surface area (Å²) >= 11 is 0. The molecule has 0 aromatic rings. The smallest absolute Gasteiger partial charge is 0.323 e. The van der Waals surface area contributed by atoms with Gasteiger partial charge in [-0.15, -0.1) is 0 Å². The van der Waals surface area contributed by atoms with E-state index in [1.165, 1.54) is 0 Å². The van der Waals surface area contributed by atoms with E-state index in [1.807, 2.05) is 13.8 Å². The summed E-state index contributed by atoms with van der Waals surface area (Å²) < 4.78 is 43.1. The second-order valence-electron chi connectivity index (χ2n) is 5.34. The van der Waals surface area contributed by atoms with Gasteiger partial charge in [0.2, 0.25) is 0 Å². The van der Waals surface area contributed by atoms with Crippen LogP contribution >= 0.6 is 0 Å². The molecule has 8 heteroatoms. The van der Waals surface area contributed by atoms with E-state index in [2.05, 4.69) is 0 Å². The summed E-state index contributed by atoms with van der Waals surface area (Å²) in [7, 11) is -4.97. The summed E-state index contributed by atoms with van der Waals surface area (Å²) in [4.78, 5) is 23.3. The second-order valence-corrected chi connectivity index (χ2v) is 6.90. The van der Waals surface area contributed by atoms with E-state index >= 15 is 0 Å². The summed E-state index contributed by atoms with van der Waals surface area (Å²) in [5.41, 5.74) is 0. The van der Waals surface area contributed by atoms with Gasteiger partial charge in [0.05, 0.1) is 19.6 Å². The largest absolute Gasteiger partial charge is 0.747 e. The number of hydrogen-bond acceptors (Lipinski definition) is 7. The number of unbranched alkanes of at least 4 members (excludes halogenated alkanes) is 5. The van der Waals surface area contributed by atoms with Gasteiger partial charge in [0, 0.05) is 0 Å². The van der Waals surface area contributed by atoms with Crippen LogP contribution in [0.3, 0.4) is 0 Å². The molecule has 0 saturated heterocycles. The lowest BCUT2D eigenvalue weighted by atomic mass is 10.2. The molecule has 1 atom stereocenters. The molecule has 7 nitrogen and oxygen atoms in total. The number of ether oxygens (including phenoxy) is 2. The Morgan fingerprint density at radius 1 is 0.913 bits per heavy atom. The molecule has 0 bridgehead atoms. The Balaban J connectivity index is 4.36. The third-order valence-corrected chi connectivity index (χ3v) is 4.27. The van der Waals surface area contributed by atoms with Gasteiger partial charge in [-0.25, -0.2) is 8.42 Å². The minimum absolute atomic E-state index is 0.0381. The van der Waals surface area contributed by atoms with Crippen LogP contribution in [0.2, 0.25) is 0 Å². The van der Waals surface area contributed by atoms with Crippen molar-refractivity contribution < 1.29 is 32.0 Å². The molecule has 0 aromatic carbocycles. The van der Waals surface area contributed by atoms with Crippen molar-refractivity contribution in [3.63, 3.8) is 0 Å². The molecular formula is C15H27O7S-. The summed E-state index contributed by atoms with van der Waals surface area (Å²) in [5.74, 6) is -2.06. The lowest BCUT2D eigenvalue weighted by Gasteiger charge is -2.18. The number of hydrogen-bond donors (Lipinski definition) is 0. The molecular weight excluding hydrogens is 324 g/mol. The van der Waals surface area contributed by atoms with Crippen LogP contribution in [0.25, 0.3) is 0 Å². The maximum absolute atomic E-state index is 11.7. The number of esters is 2. The molecule has 1 unspecified atom stereocenters. The van der Waals surface area contributed by atoms with E-state index in [0.717, 1.165) is 32.1 Å². The SMILES string of the molecule is CCCCCCOC(=O)C(CC(=O)OCCCCC)S(=O)(=O)[O-]. The molecule has 0 rings (SSSR count). The maximum Gasteiger partial charge on any atom is 0.323 e. The van der Waals surface area contributed by atoms with Gasteiger partial charge in [-0.1, -0.05) is 46.0 Å². The fraction of sp³-hybridized carbons (Fsp3) is 0.867. The maximum atomic E-state index is 11.7. The first-order chi connectivity index (χ1) is 10.8. The van der Waals surface area contributed by atoms with Gasteiger partial charge in [0.15, 0.2) is 5.25 Å². The van der Waals surface area contributed by atoms with Crippen LogP contribution in [0, 0.1) is 0 Å². The van der Waals surface area contributed by atoms with Crippen molar-refractivity contribution in [2.45, 2.75) is 70.5 Å². The fourth-order valence-electron chi connectivity index (χ4n) is 1.85. The first-order valence-corrected chi connectivity index (χ1v) is 9.57. The van der Waals surface area contributed by atoms with Crippen molar-refractivity contribution in [2.75, 3.05) is 13.2 Å². The number of carbonyl (C=O) groups is 2. The van der Waals surface area contributed by atoms with Crippen molar-refractivity contribution in [2.24, 2.45) is 0 Å². The summed E-state index contributed by atoms with van der Waals surface area (Å²) in [6, 6.07) is 0. The van der Waals surface area contributed by atoms with Crippen molar-refractivity contribution in [3.05, 3.63) is 0 Å². The topological polar surface area (TPSA) is 110 Å². The van der Waals surface area contributed by atoms with Crippen LogP contribution in [0.1, 0.15) is 65.2 Å². The van der Waals surface area contributed by atoms with Crippen molar-refractivity contribution >= 4 is 22.1 Å². The van der Waals surface area contributed by atoms with Crippen LogP contribution in [-0.2, 0) is 29.2 Å². The summed E-state index contributed by atoms with van der Waals surface area (Å²) in [6.07, 6.45) is 5.09. The quantitative estimate of drug-likeness (QED) is 0.284. The van der Waals surface area contributed by atoms with E-state index < -0.39 is 33.7 Å². The standard InChI is InChI=1S/C15H28O7S/c1-3-5-7-9-11-22-15(17)13(23(18,19)20)12-14(16)21-10-8-6-4-2/h13H,3-12H2,1-2H3,(H,18,19,20)/p-1. The Morgan fingerprint density at radius 3 is 2.00 bits per heavy atom. The Hall–Kier alpha value is -1.15. The van der Waals surface area contributed by atoms with Crippen LogP contribution < -0.4 is 0 Å². The molecule has 0 amide bonds. The third-order valence-electron chi connectivity index (χ3n) is 3.22. The van der Waals surface area contributed by atoms with Gasteiger partial charge in [-0.05, 0) is 12.8 Å². The molecule has 0 aliphatic heterocycles. The number of rotatable bonds is 13. The van der Waals surface area contributed by atoms with Crippen LogP contribution in [0.4, 0.5) is 0 Å². The van der Waals surface area contributed by atoms with Crippen molar-refractivity contribution in [1.29, 1.82) is 0 Å². The normalized spacial score (nSPS) is 12.7. The first kappa shape index (κ1) is 21.9. The summed E-state index contributed by atoms with van der Waals surface area (Å²) in [5, 5.41) is -2.03. The lowest BCUT2D eigenvalue weighted by Crippen LogP contribution is -2.34. The van der Waals surface area contributed by atoms with Crippen LogP contribution in [0.5, 0.6) is 0 Å². The van der Waals surface area contributed by atoms with Gasteiger partial charge in [-0.2, -0.15) is 0 Å². The van der Waals surface area contributed by atoms with Gasteiger partial charge in [-0.3, -0.25) is 9.59 Å². The zero-order chi connectivity index (χ0) is 17.7. The molecule has 0 spiro atoms. The predicted molar refractivity (Wildman–Crippen MR) is 83.7 cm³/mol. The van der Waals surface area contributed by atoms with Gasteiger partial charge in [0.1, 0.15) is 10.1 Å². The molecule has 0 heterocycles. The Labute approximate surface area is 138 Å². The van der Waals surface area contributed by atoms with Gasteiger partial charge >= 0.3 is 11.9 Å². The number of carbonyl (C=O) groups excluding carboxylic acids is 2. The average molecular weight is 351 g/mol. The van der Waals surface area contributed by atoms with Gasteiger partial charge < -0.3 is 14.0 Å². The Kier molecular flexibility index (Phi) is 11.7. The molecule has 136 valence electrons. The van der Waals surface area contributed by atoms with E-state index in [1.54, 1.807) is 0 Å². The molecule has 23 heavy (non-hydrogen) atoms. The first-order valence-electron chi connectivity index (χ1n) is 8.09. The van der Waals surface area contributed by atoms with Crippen LogP contribution in [0.15, 0.2) is 0 Å². The van der Waals surface area contributed by atoms with Crippen LogP contribution in [-0.4, -0.2) is 43.4 Å². The highest BCUT2D eigenvalue weighted by Crippen LogP contribution is 2.10. The highest BCUT2D eigenvalue weighted by Gasteiger charge is 2.30. The van der Waals surface area contributed by atoms with E-state index in [0.29, 0.717) is 12.8 Å². The van der Waals surface area contributed by atoms with E-state index in [4.69, 9.17) is 9.47 Å². The molecule has 0 radical (unpaired) electrons. The molecule has 0 fully saturated rings.